The van der Waals surface area contributed by atoms with Crippen molar-refractivity contribution >= 4 is 0 Å². The van der Waals surface area contributed by atoms with Crippen LogP contribution in [0.2, 0.25) is 0 Å². The van der Waals surface area contributed by atoms with Crippen LogP contribution in [0.3, 0.4) is 0 Å². The van der Waals surface area contributed by atoms with Crippen LogP contribution in [0.1, 0.15) is 68.9 Å². The van der Waals surface area contributed by atoms with Crippen LogP contribution < -0.4 is 0 Å². The summed E-state index contributed by atoms with van der Waals surface area (Å²) in [6.45, 7) is 6.18. The Labute approximate surface area is 160 Å². The fraction of sp³-hybridized carbons (Fsp3) is 0.429. The molecular weight excluding hydrogens is 367 g/mol. The second-order valence-electron chi connectivity index (χ2n) is 8.87. The largest absolute Gasteiger partial charge is 0.444 e. The Balaban J connectivity index is 1.65. The van der Waals surface area contributed by atoms with Crippen molar-refractivity contribution in [1.82, 2.24) is 14.8 Å². The predicted octanol–water partition coefficient (Wildman–Crippen LogP) is 5.14. The summed E-state index contributed by atoms with van der Waals surface area (Å²) in [5, 5.41) is 4.27. The van der Waals surface area contributed by atoms with E-state index in [1.54, 1.807) is 12.4 Å². The van der Waals surface area contributed by atoms with E-state index in [-0.39, 0.29) is 17.0 Å². The molecule has 2 heterocycles. The summed E-state index contributed by atoms with van der Waals surface area (Å²) >= 11 is 0. The summed E-state index contributed by atoms with van der Waals surface area (Å²) in [5.41, 5.74) is 0.745. The number of halogens is 3. The van der Waals surface area contributed by atoms with Crippen LogP contribution in [0, 0.1) is 17.5 Å². The monoisotopic (exact) mass is 387 g/mol. The van der Waals surface area contributed by atoms with E-state index in [0.717, 1.165) is 36.3 Å². The molecule has 0 N–H and O–H groups in total. The number of hydrogen-bond acceptors (Lipinski definition) is 3. The Bertz CT molecular complexity index is 1070. The fourth-order valence-electron chi connectivity index (χ4n) is 4.71. The van der Waals surface area contributed by atoms with Crippen molar-refractivity contribution in [2.24, 2.45) is 0 Å². The number of hydrogen-bond donors (Lipinski definition) is 0. The van der Waals surface area contributed by atoms with Crippen molar-refractivity contribution in [3.8, 4) is 5.69 Å². The summed E-state index contributed by atoms with van der Waals surface area (Å²) in [4.78, 5) is 4.56. The van der Waals surface area contributed by atoms with Crippen LogP contribution in [-0.2, 0) is 10.8 Å². The zero-order valence-electron chi connectivity index (χ0n) is 15.9. The van der Waals surface area contributed by atoms with Crippen LogP contribution >= 0.6 is 0 Å². The van der Waals surface area contributed by atoms with Crippen molar-refractivity contribution < 1.29 is 17.6 Å². The molecule has 2 bridgehead atoms. The van der Waals surface area contributed by atoms with E-state index in [0.29, 0.717) is 18.0 Å². The maximum Gasteiger partial charge on any atom is 0.205 e. The van der Waals surface area contributed by atoms with Crippen LogP contribution in [0.15, 0.2) is 28.9 Å². The molecule has 0 spiro atoms. The normalized spacial score (nSPS) is 23.4. The molecule has 146 valence electrons. The van der Waals surface area contributed by atoms with Gasteiger partial charge in [0, 0.05) is 29.0 Å². The van der Waals surface area contributed by atoms with Gasteiger partial charge >= 0.3 is 0 Å². The highest BCUT2D eigenvalue weighted by atomic mass is 19.1. The molecule has 1 aromatic carbocycles. The first-order chi connectivity index (χ1) is 13.2. The molecule has 3 aromatic rings. The van der Waals surface area contributed by atoms with Gasteiger partial charge in [0.25, 0.3) is 0 Å². The highest BCUT2D eigenvalue weighted by molar-refractivity contribution is 5.50. The summed E-state index contributed by atoms with van der Waals surface area (Å²) in [6.07, 6.45) is 5.90. The third-order valence-electron chi connectivity index (χ3n) is 6.07. The van der Waals surface area contributed by atoms with Gasteiger partial charge < -0.3 is 4.42 Å². The number of aromatic nitrogens is 3. The van der Waals surface area contributed by atoms with Gasteiger partial charge in [-0.3, -0.25) is 0 Å². The molecule has 28 heavy (non-hydrogen) atoms. The van der Waals surface area contributed by atoms with Gasteiger partial charge in [0.1, 0.15) is 17.3 Å². The molecule has 0 saturated heterocycles. The lowest BCUT2D eigenvalue weighted by molar-refractivity contribution is 0.329. The van der Waals surface area contributed by atoms with E-state index in [9.17, 15) is 13.2 Å². The third-order valence-corrected chi connectivity index (χ3v) is 6.07. The zero-order chi connectivity index (χ0) is 19.8. The highest BCUT2D eigenvalue weighted by Crippen LogP contribution is 2.60. The quantitative estimate of drug-likeness (QED) is 0.611. The predicted molar refractivity (Wildman–Crippen MR) is 96.0 cm³/mol. The average molecular weight is 387 g/mol. The summed E-state index contributed by atoms with van der Waals surface area (Å²) in [5.74, 6) is -1.34. The van der Waals surface area contributed by atoms with Crippen molar-refractivity contribution in [3.63, 3.8) is 0 Å². The van der Waals surface area contributed by atoms with Crippen molar-refractivity contribution in [2.75, 3.05) is 0 Å². The van der Waals surface area contributed by atoms with E-state index in [1.165, 1.54) is 4.68 Å². The number of oxazole rings is 1. The van der Waals surface area contributed by atoms with Gasteiger partial charge in [-0.2, -0.15) is 5.10 Å². The lowest BCUT2D eigenvalue weighted by Gasteiger charge is -2.23. The molecule has 2 aromatic heterocycles. The van der Waals surface area contributed by atoms with E-state index in [1.807, 2.05) is 0 Å². The van der Waals surface area contributed by atoms with Gasteiger partial charge in [0.15, 0.2) is 11.6 Å². The van der Waals surface area contributed by atoms with Gasteiger partial charge in [-0.1, -0.05) is 20.8 Å². The van der Waals surface area contributed by atoms with Gasteiger partial charge in [-0.05, 0) is 19.3 Å². The third kappa shape index (κ3) is 2.25. The minimum atomic E-state index is -0.966. The minimum absolute atomic E-state index is 0.103. The summed E-state index contributed by atoms with van der Waals surface area (Å²) in [6, 6.07) is 1.36. The molecule has 4 nitrogen and oxygen atoms in total. The summed E-state index contributed by atoms with van der Waals surface area (Å²) < 4.78 is 49.5. The molecule has 2 aliphatic rings. The maximum absolute atomic E-state index is 14.4. The fourth-order valence-corrected chi connectivity index (χ4v) is 4.71. The Morgan fingerprint density at radius 1 is 1.14 bits per heavy atom. The Morgan fingerprint density at radius 3 is 2.50 bits per heavy atom. The van der Waals surface area contributed by atoms with Gasteiger partial charge in [-0.25, -0.2) is 22.8 Å². The van der Waals surface area contributed by atoms with Gasteiger partial charge in [0.2, 0.25) is 5.89 Å². The smallest absolute Gasteiger partial charge is 0.205 e. The molecule has 0 amide bonds. The number of rotatable bonds is 2. The Kier molecular flexibility index (Phi) is 3.44. The molecule has 1 fully saturated rings. The van der Waals surface area contributed by atoms with Crippen molar-refractivity contribution in [1.29, 1.82) is 0 Å². The summed E-state index contributed by atoms with van der Waals surface area (Å²) in [7, 11) is 0. The topological polar surface area (TPSA) is 43.9 Å². The Hall–Kier alpha value is -2.57. The molecule has 0 radical (unpaired) electrons. The molecule has 2 aliphatic carbocycles. The standard InChI is InChI=1S/C21H20F3N3O/c1-20(2,3)16-10-25-19(28-16)21-5-4-11(8-21)17-13(21)9-26-27(17)18-14(23)6-12(22)7-15(18)24/h6-7,9-11H,4-5,8H2,1-3H3. The van der Waals surface area contributed by atoms with E-state index in [2.05, 4.69) is 30.9 Å². The van der Waals surface area contributed by atoms with E-state index in [4.69, 9.17) is 4.42 Å². The molecule has 0 aliphatic heterocycles. The Morgan fingerprint density at radius 2 is 1.86 bits per heavy atom. The zero-order valence-corrected chi connectivity index (χ0v) is 15.9. The molecule has 5 rings (SSSR count). The van der Waals surface area contributed by atoms with Gasteiger partial charge in [0.05, 0.1) is 23.5 Å². The molecule has 7 heteroatoms. The molecule has 2 atom stereocenters. The van der Waals surface area contributed by atoms with Crippen LogP contribution in [-0.4, -0.2) is 14.8 Å². The molecule has 2 unspecified atom stereocenters. The second-order valence-corrected chi connectivity index (χ2v) is 8.87. The van der Waals surface area contributed by atoms with Gasteiger partial charge in [-0.15, -0.1) is 0 Å². The SMILES string of the molecule is CC(C)(C)c1cnc(C23CCC(C2)c2c3cnn2-c2c(F)cc(F)cc2F)o1. The first-order valence-corrected chi connectivity index (χ1v) is 9.41. The number of benzene rings is 1. The highest BCUT2D eigenvalue weighted by Gasteiger charge is 2.55. The molecular formula is C21H20F3N3O. The van der Waals surface area contributed by atoms with Crippen molar-refractivity contribution in [3.05, 3.63) is 64.9 Å². The van der Waals surface area contributed by atoms with E-state index < -0.39 is 22.9 Å². The van der Waals surface area contributed by atoms with Crippen LogP contribution in [0.25, 0.3) is 5.69 Å². The van der Waals surface area contributed by atoms with Crippen LogP contribution in [0.5, 0.6) is 0 Å². The number of nitrogens with zero attached hydrogens (tertiary/aromatic N) is 3. The maximum atomic E-state index is 14.4. The van der Waals surface area contributed by atoms with Crippen molar-refractivity contribution in [2.45, 2.75) is 56.8 Å². The first-order valence-electron chi connectivity index (χ1n) is 9.41. The van der Waals surface area contributed by atoms with E-state index >= 15 is 0 Å². The second kappa shape index (κ2) is 5.49. The molecule has 1 saturated carbocycles. The number of fused-ring (bicyclic) bond motifs is 5. The average Bonchev–Trinajstić information content (AvgIpc) is 3.35. The minimum Gasteiger partial charge on any atom is -0.444 e. The first kappa shape index (κ1) is 17.5. The lowest BCUT2D eigenvalue weighted by atomic mass is 9.81. The van der Waals surface area contributed by atoms with Crippen LogP contribution in [0.4, 0.5) is 13.2 Å². The lowest BCUT2D eigenvalue weighted by Crippen LogP contribution is -2.23.